The van der Waals surface area contributed by atoms with Gasteiger partial charge in [0, 0.05) is 14.1 Å². The fourth-order valence-electron chi connectivity index (χ4n) is 3.69. The maximum atomic E-state index is 13.6. The van der Waals surface area contributed by atoms with Crippen molar-refractivity contribution in [2.45, 2.75) is 38.2 Å². The highest BCUT2D eigenvalue weighted by Gasteiger charge is 2.36. The van der Waals surface area contributed by atoms with E-state index in [-0.39, 0.29) is 34.3 Å². The second-order valence-electron chi connectivity index (χ2n) is 7.82. The minimum atomic E-state index is -4.28. The molecule has 30 heavy (non-hydrogen) atoms. The van der Waals surface area contributed by atoms with Crippen molar-refractivity contribution in [1.82, 2.24) is 19.7 Å². The SMILES string of the molecule is CN(C)c1nc2c(c(CF)nn2[C@@H](c2ccc(CC(F)(F)F)cc2)C2CC2)c(=O)[nH]1. The summed E-state index contributed by atoms with van der Waals surface area (Å²) in [6, 6.07) is 5.85. The summed E-state index contributed by atoms with van der Waals surface area (Å²) in [7, 11) is 3.44. The van der Waals surface area contributed by atoms with Crippen molar-refractivity contribution in [3.8, 4) is 0 Å². The number of alkyl halides is 4. The van der Waals surface area contributed by atoms with E-state index in [4.69, 9.17) is 0 Å². The van der Waals surface area contributed by atoms with E-state index in [0.717, 1.165) is 18.4 Å². The van der Waals surface area contributed by atoms with Gasteiger partial charge in [-0.05, 0) is 29.9 Å². The molecule has 0 unspecified atom stereocenters. The van der Waals surface area contributed by atoms with Crippen LogP contribution in [0.3, 0.4) is 0 Å². The number of aromatic nitrogens is 4. The van der Waals surface area contributed by atoms with E-state index in [1.165, 1.54) is 12.1 Å². The van der Waals surface area contributed by atoms with Gasteiger partial charge >= 0.3 is 6.18 Å². The molecule has 0 amide bonds. The number of fused-ring (bicyclic) bond motifs is 1. The number of nitrogens with one attached hydrogen (secondary N) is 1. The Kier molecular flexibility index (Phi) is 5.03. The molecule has 1 aliphatic carbocycles. The topological polar surface area (TPSA) is 66.8 Å². The molecule has 1 saturated carbocycles. The van der Waals surface area contributed by atoms with Crippen molar-refractivity contribution in [3.63, 3.8) is 0 Å². The third-order valence-corrected chi connectivity index (χ3v) is 5.23. The smallest absolute Gasteiger partial charge is 0.348 e. The molecule has 1 aliphatic rings. The monoisotopic (exact) mass is 423 g/mol. The largest absolute Gasteiger partial charge is 0.393 e. The Balaban J connectivity index is 1.83. The van der Waals surface area contributed by atoms with Crippen LogP contribution in [-0.4, -0.2) is 40.0 Å². The maximum Gasteiger partial charge on any atom is 0.393 e. The number of hydrogen-bond donors (Lipinski definition) is 1. The zero-order valence-electron chi connectivity index (χ0n) is 16.5. The Morgan fingerprint density at radius 1 is 1.23 bits per heavy atom. The first-order chi connectivity index (χ1) is 14.2. The number of hydrogen-bond acceptors (Lipinski definition) is 4. The third kappa shape index (κ3) is 3.90. The van der Waals surface area contributed by atoms with Crippen LogP contribution in [0.5, 0.6) is 0 Å². The molecular formula is C20H21F4N5O. The van der Waals surface area contributed by atoms with Crippen LogP contribution in [-0.2, 0) is 13.1 Å². The average Bonchev–Trinajstić information content (AvgIpc) is 3.43. The zero-order chi connectivity index (χ0) is 21.6. The maximum absolute atomic E-state index is 13.6. The molecule has 0 saturated heterocycles. The second-order valence-corrected chi connectivity index (χ2v) is 7.82. The number of aromatic amines is 1. The lowest BCUT2D eigenvalue weighted by molar-refractivity contribution is -0.127. The Hall–Kier alpha value is -2.91. The fraction of sp³-hybridized carbons (Fsp3) is 0.450. The number of anilines is 1. The van der Waals surface area contributed by atoms with Crippen molar-refractivity contribution >= 4 is 17.0 Å². The molecule has 1 fully saturated rings. The van der Waals surface area contributed by atoms with Crippen LogP contribution in [0.1, 0.15) is 35.7 Å². The van der Waals surface area contributed by atoms with Crippen molar-refractivity contribution in [1.29, 1.82) is 0 Å². The van der Waals surface area contributed by atoms with E-state index < -0.39 is 24.8 Å². The van der Waals surface area contributed by atoms with Gasteiger partial charge in [0.25, 0.3) is 5.56 Å². The van der Waals surface area contributed by atoms with E-state index in [1.807, 2.05) is 0 Å². The van der Waals surface area contributed by atoms with Gasteiger partial charge in [0.05, 0.1) is 12.5 Å². The molecule has 0 spiro atoms. The van der Waals surface area contributed by atoms with Crippen molar-refractivity contribution < 1.29 is 17.6 Å². The predicted octanol–water partition coefficient (Wildman–Crippen LogP) is 3.76. The van der Waals surface area contributed by atoms with E-state index in [1.54, 1.807) is 35.8 Å². The zero-order valence-corrected chi connectivity index (χ0v) is 16.5. The summed E-state index contributed by atoms with van der Waals surface area (Å²) in [6.45, 7) is -0.919. The normalized spacial score (nSPS) is 15.5. The van der Waals surface area contributed by atoms with Crippen molar-refractivity contribution in [3.05, 3.63) is 51.4 Å². The van der Waals surface area contributed by atoms with Gasteiger partial charge in [-0.1, -0.05) is 24.3 Å². The first-order valence-electron chi connectivity index (χ1n) is 9.58. The molecule has 2 heterocycles. The minimum Gasteiger partial charge on any atom is -0.348 e. The van der Waals surface area contributed by atoms with Gasteiger partial charge in [-0.2, -0.15) is 23.3 Å². The summed E-state index contributed by atoms with van der Waals surface area (Å²) in [5.41, 5.74) is 0.721. The number of H-pyrrole nitrogens is 1. The van der Waals surface area contributed by atoms with Crippen LogP contribution < -0.4 is 10.5 Å². The standard InChI is InChI=1S/C20H21F4N5O/c1-28(2)19-25-17-15(18(30)26-19)14(10-21)27-29(17)16(13-7-8-13)12-5-3-11(4-6-12)9-20(22,23)24/h3-6,13,16H,7-10H2,1-2H3,(H,25,26,30)/t16-/m0/s1. The first-order valence-corrected chi connectivity index (χ1v) is 9.58. The Morgan fingerprint density at radius 3 is 2.43 bits per heavy atom. The first kappa shape index (κ1) is 20.4. The lowest BCUT2D eigenvalue weighted by Gasteiger charge is -2.19. The Bertz CT molecular complexity index is 1110. The lowest BCUT2D eigenvalue weighted by Crippen LogP contribution is -2.21. The van der Waals surface area contributed by atoms with Gasteiger partial charge in [0.15, 0.2) is 5.65 Å². The molecule has 1 N–H and O–H groups in total. The Labute approximate surface area is 169 Å². The van der Waals surface area contributed by atoms with Crippen LogP contribution in [0.15, 0.2) is 29.1 Å². The summed E-state index contributed by atoms with van der Waals surface area (Å²) in [4.78, 5) is 21.3. The van der Waals surface area contributed by atoms with Crippen LogP contribution >= 0.6 is 0 Å². The molecule has 3 aromatic rings. The number of rotatable bonds is 6. The van der Waals surface area contributed by atoms with Gasteiger partial charge in [-0.25, -0.2) is 9.07 Å². The van der Waals surface area contributed by atoms with Crippen LogP contribution in [0, 0.1) is 5.92 Å². The van der Waals surface area contributed by atoms with E-state index in [2.05, 4.69) is 15.1 Å². The lowest BCUT2D eigenvalue weighted by atomic mass is 10.00. The summed E-state index contributed by atoms with van der Waals surface area (Å²) in [5, 5.41) is 4.45. The molecule has 0 bridgehead atoms. The quantitative estimate of drug-likeness (QED) is 0.613. The summed E-state index contributed by atoms with van der Waals surface area (Å²) in [6.07, 6.45) is -3.46. The molecule has 4 rings (SSSR count). The van der Waals surface area contributed by atoms with Gasteiger partial charge < -0.3 is 4.90 Å². The number of halogens is 4. The molecule has 0 radical (unpaired) electrons. The van der Waals surface area contributed by atoms with Gasteiger partial charge in [-0.15, -0.1) is 0 Å². The third-order valence-electron chi connectivity index (χ3n) is 5.23. The highest BCUT2D eigenvalue weighted by atomic mass is 19.4. The Morgan fingerprint density at radius 2 is 1.90 bits per heavy atom. The highest BCUT2D eigenvalue weighted by molar-refractivity contribution is 5.78. The number of nitrogens with zero attached hydrogens (tertiary/aromatic N) is 4. The van der Waals surface area contributed by atoms with Crippen molar-refractivity contribution in [2.24, 2.45) is 5.92 Å². The molecule has 160 valence electrons. The summed E-state index contributed by atoms with van der Waals surface area (Å²) >= 11 is 0. The fourth-order valence-corrected chi connectivity index (χ4v) is 3.69. The highest BCUT2D eigenvalue weighted by Crippen LogP contribution is 2.44. The van der Waals surface area contributed by atoms with Gasteiger partial charge in [0.1, 0.15) is 17.8 Å². The average molecular weight is 423 g/mol. The van der Waals surface area contributed by atoms with Crippen LogP contribution in [0.4, 0.5) is 23.5 Å². The van der Waals surface area contributed by atoms with Gasteiger partial charge in [0.2, 0.25) is 5.95 Å². The molecule has 6 nitrogen and oxygen atoms in total. The molecule has 1 aromatic carbocycles. The second kappa shape index (κ2) is 7.41. The molecule has 2 aromatic heterocycles. The predicted molar refractivity (Wildman–Crippen MR) is 104 cm³/mol. The summed E-state index contributed by atoms with van der Waals surface area (Å²) in [5.74, 6) is 0.507. The van der Waals surface area contributed by atoms with E-state index in [9.17, 15) is 22.4 Å². The molecule has 10 heteroatoms. The molecule has 1 atom stereocenters. The van der Waals surface area contributed by atoms with Crippen LogP contribution in [0.2, 0.25) is 0 Å². The van der Waals surface area contributed by atoms with Crippen LogP contribution in [0.25, 0.3) is 11.0 Å². The van der Waals surface area contributed by atoms with Crippen molar-refractivity contribution in [2.75, 3.05) is 19.0 Å². The molecular weight excluding hydrogens is 402 g/mol. The molecule has 0 aliphatic heterocycles. The van der Waals surface area contributed by atoms with Gasteiger partial charge in [-0.3, -0.25) is 9.78 Å². The summed E-state index contributed by atoms with van der Waals surface area (Å²) < 4.78 is 53.2. The van der Waals surface area contributed by atoms with E-state index in [0.29, 0.717) is 5.95 Å². The number of benzene rings is 1. The van der Waals surface area contributed by atoms with E-state index >= 15 is 0 Å². The minimum absolute atomic E-state index is 0.00315.